The Bertz CT molecular complexity index is 547. The predicted molar refractivity (Wildman–Crippen MR) is 85.7 cm³/mol. The van der Waals surface area contributed by atoms with Crippen LogP contribution in [0.25, 0.3) is 0 Å². The van der Waals surface area contributed by atoms with Gasteiger partial charge in [0.1, 0.15) is 0 Å². The quantitative estimate of drug-likeness (QED) is 0.769. The summed E-state index contributed by atoms with van der Waals surface area (Å²) in [4.78, 5) is 31.6. The highest BCUT2D eigenvalue weighted by Gasteiger charge is 2.24. The molecule has 2 rings (SSSR count). The number of amides is 2. The molecule has 1 fully saturated rings. The second-order valence-electron chi connectivity index (χ2n) is 5.98. The van der Waals surface area contributed by atoms with Crippen molar-refractivity contribution in [3.05, 3.63) is 29.6 Å². The molecule has 0 bridgehead atoms. The Hall–Kier alpha value is -1.99. The van der Waals surface area contributed by atoms with E-state index in [1.54, 1.807) is 6.20 Å². The topological polar surface area (TPSA) is 88.8 Å². The Morgan fingerprint density at radius 2 is 2.26 bits per heavy atom. The monoisotopic (exact) mass is 320 g/mol. The zero-order valence-electron chi connectivity index (χ0n) is 13.7. The second-order valence-corrected chi connectivity index (χ2v) is 5.98. The first-order chi connectivity index (χ1) is 10.9. The van der Waals surface area contributed by atoms with E-state index in [9.17, 15) is 9.59 Å². The number of carbonyl (C=O) groups is 2. The zero-order valence-corrected chi connectivity index (χ0v) is 13.7. The van der Waals surface area contributed by atoms with Crippen LogP contribution in [-0.2, 0) is 20.7 Å². The molecule has 1 saturated heterocycles. The minimum absolute atomic E-state index is 0.0955. The standard InChI is InChI=1S/C16H24N4O3/c1-12-3-4-13(8-18-12)7-16(22)20(11-15(17)21)10-14-9-19(2)5-6-23-14/h3-4,8,14H,5-7,9-11H2,1-2H3,(H2,17,21)/t14-/m0/s1. The van der Waals surface area contributed by atoms with E-state index in [-0.39, 0.29) is 25.0 Å². The summed E-state index contributed by atoms with van der Waals surface area (Å²) in [5.74, 6) is -0.671. The molecule has 126 valence electrons. The number of morpholine rings is 1. The summed E-state index contributed by atoms with van der Waals surface area (Å²) in [6.07, 6.45) is 1.78. The van der Waals surface area contributed by atoms with Gasteiger partial charge in [-0.05, 0) is 25.6 Å². The van der Waals surface area contributed by atoms with E-state index < -0.39 is 5.91 Å². The maximum Gasteiger partial charge on any atom is 0.237 e. The van der Waals surface area contributed by atoms with E-state index in [1.807, 2.05) is 26.1 Å². The summed E-state index contributed by atoms with van der Waals surface area (Å²) in [5.41, 5.74) is 6.99. The normalized spacial score (nSPS) is 18.6. The van der Waals surface area contributed by atoms with Crippen LogP contribution in [0.3, 0.4) is 0 Å². The summed E-state index contributed by atoms with van der Waals surface area (Å²) in [7, 11) is 2.01. The van der Waals surface area contributed by atoms with Gasteiger partial charge in [0.25, 0.3) is 0 Å². The molecule has 2 N–H and O–H groups in total. The molecule has 0 aliphatic carbocycles. The minimum atomic E-state index is -0.524. The van der Waals surface area contributed by atoms with Gasteiger partial charge in [-0.1, -0.05) is 6.07 Å². The highest BCUT2D eigenvalue weighted by molar-refractivity contribution is 5.85. The van der Waals surface area contributed by atoms with Gasteiger partial charge in [-0.3, -0.25) is 14.6 Å². The molecule has 1 aromatic heterocycles. The highest BCUT2D eigenvalue weighted by atomic mass is 16.5. The summed E-state index contributed by atoms with van der Waals surface area (Å²) in [6.45, 7) is 4.39. The summed E-state index contributed by atoms with van der Waals surface area (Å²) in [6, 6.07) is 3.73. The maximum atomic E-state index is 12.5. The average Bonchev–Trinajstić information content (AvgIpc) is 2.48. The lowest BCUT2D eigenvalue weighted by Gasteiger charge is -2.33. The lowest BCUT2D eigenvalue weighted by molar-refractivity contribution is -0.137. The summed E-state index contributed by atoms with van der Waals surface area (Å²) >= 11 is 0. The number of hydrogen-bond donors (Lipinski definition) is 1. The van der Waals surface area contributed by atoms with Crippen molar-refractivity contribution in [3.8, 4) is 0 Å². The Morgan fingerprint density at radius 1 is 1.48 bits per heavy atom. The number of nitrogens with two attached hydrogens (primary N) is 1. The molecule has 0 radical (unpaired) electrons. The molecule has 0 spiro atoms. The number of aromatic nitrogens is 1. The Morgan fingerprint density at radius 3 is 2.87 bits per heavy atom. The Kier molecular flexibility index (Phi) is 6.06. The third kappa shape index (κ3) is 5.61. The first-order valence-electron chi connectivity index (χ1n) is 7.72. The number of hydrogen-bond acceptors (Lipinski definition) is 5. The molecule has 2 heterocycles. The molecule has 1 aliphatic rings. The third-order valence-electron chi connectivity index (χ3n) is 3.79. The van der Waals surface area contributed by atoms with Gasteiger partial charge in [0.15, 0.2) is 0 Å². The number of nitrogens with zero attached hydrogens (tertiary/aromatic N) is 3. The van der Waals surface area contributed by atoms with E-state index in [1.165, 1.54) is 4.90 Å². The van der Waals surface area contributed by atoms with Gasteiger partial charge in [-0.15, -0.1) is 0 Å². The van der Waals surface area contributed by atoms with Crippen molar-refractivity contribution in [3.63, 3.8) is 0 Å². The summed E-state index contributed by atoms with van der Waals surface area (Å²) < 4.78 is 5.68. The minimum Gasteiger partial charge on any atom is -0.374 e. The van der Waals surface area contributed by atoms with Crippen molar-refractivity contribution < 1.29 is 14.3 Å². The zero-order chi connectivity index (χ0) is 16.8. The maximum absolute atomic E-state index is 12.5. The van der Waals surface area contributed by atoms with Gasteiger partial charge in [0, 0.05) is 31.5 Å². The van der Waals surface area contributed by atoms with E-state index >= 15 is 0 Å². The van der Waals surface area contributed by atoms with Gasteiger partial charge < -0.3 is 20.3 Å². The van der Waals surface area contributed by atoms with Crippen LogP contribution in [-0.4, -0.2) is 72.5 Å². The van der Waals surface area contributed by atoms with Crippen LogP contribution in [0.1, 0.15) is 11.3 Å². The van der Waals surface area contributed by atoms with Crippen LogP contribution < -0.4 is 5.73 Å². The molecular weight excluding hydrogens is 296 g/mol. The number of ether oxygens (including phenoxy) is 1. The van der Waals surface area contributed by atoms with Crippen LogP contribution in [0.5, 0.6) is 0 Å². The molecule has 0 aromatic carbocycles. The van der Waals surface area contributed by atoms with E-state index in [2.05, 4.69) is 9.88 Å². The number of primary amides is 1. The lowest BCUT2D eigenvalue weighted by Crippen LogP contribution is -2.49. The smallest absolute Gasteiger partial charge is 0.237 e. The Balaban J connectivity index is 1.99. The largest absolute Gasteiger partial charge is 0.374 e. The van der Waals surface area contributed by atoms with Crippen molar-refractivity contribution in [1.29, 1.82) is 0 Å². The molecule has 1 atom stereocenters. The van der Waals surface area contributed by atoms with Crippen molar-refractivity contribution in [2.75, 3.05) is 39.8 Å². The molecule has 0 saturated carbocycles. The molecule has 7 heteroatoms. The van der Waals surface area contributed by atoms with Crippen LogP contribution in [0.2, 0.25) is 0 Å². The van der Waals surface area contributed by atoms with Gasteiger partial charge in [-0.25, -0.2) is 0 Å². The van der Waals surface area contributed by atoms with Gasteiger partial charge in [0.2, 0.25) is 11.8 Å². The van der Waals surface area contributed by atoms with Gasteiger partial charge >= 0.3 is 0 Å². The summed E-state index contributed by atoms with van der Waals surface area (Å²) in [5, 5.41) is 0. The van der Waals surface area contributed by atoms with Crippen LogP contribution in [0.15, 0.2) is 18.3 Å². The first kappa shape index (κ1) is 17.4. The fraction of sp³-hybridized carbons (Fsp3) is 0.562. The van der Waals surface area contributed by atoms with E-state index in [0.29, 0.717) is 13.2 Å². The molecule has 1 aliphatic heterocycles. The first-order valence-corrected chi connectivity index (χ1v) is 7.72. The Labute approximate surface area is 136 Å². The fourth-order valence-corrected chi connectivity index (χ4v) is 2.56. The van der Waals surface area contributed by atoms with E-state index in [4.69, 9.17) is 10.5 Å². The molecular formula is C16H24N4O3. The lowest BCUT2D eigenvalue weighted by atomic mass is 10.1. The van der Waals surface area contributed by atoms with Crippen molar-refractivity contribution in [2.24, 2.45) is 5.73 Å². The van der Waals surface area contributed by atoms with E-state index in [0.717, 1.165) is 24.3 Å². The fourth-order valence-electron chi connectivity index (χ4n) is 2.56. The number of likely N-dealkylation sites (N-methyl/N-ethyl adjacent to an activating group) is 1. The second kappa shape index (κ2) is 8.03. The number of carbonyl (C=O) groups excluding carboxylic acids is 2. The molecule has 2 amide bonds. The SMILES string of the molecule is Cc1ccc(CC(=O)N(CC(N)=O)C[C@@H]2CN(C)CCO2)cn1. The van der Waals surface area contributed by atoms with Gasteiger partial charge in [0.05, 0.1) is 25.7 Å². The van der Waals surface area contributed by atoms with Crippen molar-refractivity contribution in [2.45, 2.75) is 19.4 Å². The molecule has 1 aromatic rings. The molecule has 0 unspecified atom stereocenters. The van der Waals surface area contributed by atoms with Crippen molar-refractivity contribution >= 4 is 11.8 Å². The number of rotatable bonds is 6. The van der Waals surface area contributed by atoms with Gasteiger partial charge in [-0.2, -0.15) is 0 Å². The highest BCUT2D eigenvalue weighted by Crippen LogP contribution is 2.08. The van der Waals surface area contributed by atoms with Crippen LogP contribution in [0, 0.1) is 6.92 Å². The van der Waals surface area contributed by atoms with Crippen LogP contribution >= 0.6 is 0 Å². The molecule has 23 heavy (non-hydrogen) atoms. The average molecular weight is 320 g/mol. The third-order valence-corrected chi connectivity index (χ3v) is 3.79. The predicted octanol–water partition coefficient (Wildman–Crippen LogP) is -0.423. The number of pyridine rings is 1. The number of aryl methyl sites for hydroxylation is 1. The molecule has 7 nitrogen and oxygen atoms in total. The van der Waals surface area contributed by atoms with Crippen LogP contribution in [0.4, 0.5) is 0 Å². The van der Waals surface area contributed by atoms with Crippen molar-refractivity contribution in [1.82, 2.24) is 14.8 Å².